The first-order valence-electron chi connectivity index (χ1n) is 7.52. The summed E-state index contributed by atoms with van der Waals surface area (Å²) in [6.07, 6.45) is 0.126. The van der Waals surface area contributed by atoms with E-state index in [2.05, 4.69) is 5.32 Å². The first-order valence-corrected chi connectivity index (χ1v) is 7.52. The van der Waals surface area contributed by atoms with Crippen molar-refractivity contribution in [2.75, 3.05) is 33.3 Å². The molecule has 1 saturated heterocycles. The number of benzene rings is 1. The number of aliphatic hydroxyl groups excluding tert-OH is 1. The molecule has 23 heavy (non-hydrogen) atoms. The Morgan fingerprint density at radius 1 is 1.39 bits per heavy atom. The minimum Gasteiger partial charge on any atom is -0.395 e. The molecular weight excluding hydrogens is 318 g/mol. The average Bonchev–Trinajstić information content (AvgIpc) is 2.52. The van der Waals surface area contributed by atoms with Gasteiger partial charge in [-0.15, -0.1) is 12.4 Å². The van der Waals surface area contributed by atoms with E-state index in [9.17, 15) is 9.59 Å². The third-order valence-electron chi connectivity index (χ3n) is 3.84. The smallest absolute Gasteiger partial charge is 0.240 e. The Labute approximate surface area is 142 Å². The normalized spacial score (nSPS) is 17.6. The summed E-state index contributed by atoms with van der Waals surface area (Å²) in [5.41, 5.74) is 1.08. The lowest BCUT2D eigenvalue weighted by atomic mass is 10.1. The van der Waals surface area contributed by atoms with E-state index >= 15 is 0 Å². The van der Waals surface area contributed by atoms with Crippen LogP contribution in [-0.4, -0.2) is 66.1 Å². The number of nitrogens with zero attached hydrogens (tertiary/aromatic N) is 2. The molecule has 1 atom stereocenters. The van der Waals surface area contributed by atoms with Crippen molar-refractivity contribution < 1.29 is 14.7 Å². The number of hydrogen-bond donors (Lipinski definition) is 2. The van der Waals surface area contributed by atoms with Crippen molar-refractivity contribution in [3.05, 3.63) is 35.9 Å². The van der Waals surface area contributed by atoms with Crippen LogP contribution in [0.4, 0.5) is 0 Å². The topological polar surface area (TPSA) is 72.9 Å². The molecule has 1 heterocycles. The van der Waals surface area contributed by atoms with Crippen LogP contribution in [0.3, 0.4) is 0 Å². The molecule has 2 amide bonds. The van der Waals surface area contributed by atoms with Crippen molar-refractivity contribution >= 4 is 24.2 Å². The molecule has 1 aromatic carbocycles. The van der Waals surface area contributed by atoms with Gasteiger partial charge in [0.15, 0.2) is 0 Å². The SMILES string of the molecule is CN(CCO)C(=O)CC1NCCN(Cc2ccccc2)C1=O.Cl. The number of nitrogens with one attached hydrogen (secondary N) is 1. The van der Waals surface area contributed by atoms with Gasteiger partial charge in [0, 0.05) is 33.2 Å². The number of carbonyl (C=O) groups excluding carboxylic acids is 2. The van der Waals surface area contributed by atoms with Crippen LogP contribution in [-0.2, 0) is 16.1 Å². The van der Waals surface area contributed by atoms with E-state index in [0.29, 0.717) is 19.6 Å². The van der Waals surface area contributed by atoms with Gasteiger partial charge >= 0.3 is 0 Å². The average molecular weight is 342 g/mol. The molecule has 1 fully saturated rings. The third-order valence-corrected chi connectivity index (χ3v) is 3.84. The van der Waals surface area contributed by atoms with Gasteiger partial charge in [-0.25, -0.2) is 0 Å². The molecule has 1 unspecified atom stereocenters. The van der Waals surface area contributed by atoms with Crippen molar-refractivity contribution in [2.45, 2.75) is 19.0 Å². The fraction of sp³-hybridized carbons (Fsp3) is 0.500. The van der Waals surface area contributed by atoms with E-state index in [0.717, 1.165) is 5.56 Å². The Balaban J connectivity index is 0.00000264. The molecule has 2 rings (SSSR count). The van der Waals surface area contributed by atoms with E-state index in [1.165, 1.54) is 4.90 Å². The number of aliphatic hydroxyl groups is 1. The first-order chi connectivity index (χ1) is 10.6. The van der Waals surface area contributed by atoms with Crippen LogP contribution >= 0.6 is 12.4 Å². The van der Waals surface area contributed by atoms with Gasteiger partial charge in [0.05, 0.1) is 19.1 Å². The predicted molar refractivity (Wildman–Crippen MR) is 90.2 cm³/mol. The van der Waals surface area contributed by atoms with Crippen molar-refractivity contribution in [2.24, 2.45) is 0 Å². The molecule has 6 nitrogen and oxygen atoms in total. The van der Waals surface area contributed by atoms with Crippen LogP contribution in [0.25, 0.3) is 0 Å². The highest BCUT2D eigenvalue weighted by molar-refractivity contribution is 5.88. The summed E-state index contributed by atoms with van der Waals surface area (Å²) in [6.45, 7) is 2.10. The summed E-state index contributed by atoms with van der Waals surface area (Å²) in [5, 5.41) is 12.0. The second kappa shape index (κ2) is 9.50. The van der Waals surface area contributed by atoms with Crippen LogP contribution in [0.5, 0.6) is 0 Å². The standard InChI is InChI=1S/C16H23N3O3.ClH/c1-18(9-10-20)15(21)11-14-16(22)19(8-7-17-14)12-13-5-3-2-4-6-13;/h2-6,14,17,20H,7-12H2,1H3;1H. The van der Waals surface area contributed by atoms with Gasteiger partial charge in [-0.05, 0) is 5.56 Å². The second-order valence-corrected chi connectivity index (χ2v) is 5.50. The van der Waals surface area contributed by atoms with Gasteiger partial charge in [-0.3, -0.25) is 9.59 Å². The van der Waals surface area contributed by atoms with Gasteiger partial charge in [-0.2, -0.15) is 0 Å². The number of carbonyl (C=O) groups is 2. The molecule has 0 radical (unpaired) electrons. The zero-order valence-corrected chi connectivity index (χ0v) is 14.1. The molecule has 0 aliphatic carbocycles. The van der Waals surface area contributed by atoms with E-state index in [1.54, 1.807) is 11.9 Å². The van der Waals surface area contributed by atoms with Crippen LogP contribution in [0.15, 0.2) is 30.3 Å². The van der Waals surface area contributed by atoms with Gasteiger partial charge in [0.1, 0.15) is 0 Å². The first kappa shape index (κ1) is 19.4. The molecule has 128 valence electrons. The number of amides is 2. The summed E-state index contributed by atoms with van der Waals surface area (Å²) < 4.78 is 0. The van der Waals surface area contributed by atoms with E-state index in [4.69, 9.17) is 5.11 Å². The number of halogens is 1. The van der Waals surface area contributed by atoms with Crippen molar-refractivity contribution in [3.63, 3.8) is 0 Å². The van der Waals surface area contributed by atoms with Crippen molar-refractivity contribution in [3.8, 4) is 0 Å². The Morgan fingerprint density at radius 3 is 2.74 bits per heavy atom. The van der Waals surface area contributed by atoms with Crippen LogP contribution in [0.2, 0.25) is 0 Å². The molecule has 0 saturated carbocycles. The lowest BCUT2D eigenvalue weighted by Gasteiger charge is -2.33. The minimum absolute atomic E-state index is 0. The fourth-order valence-corrected chi connectivity index (χ4v) is 2.52. The Kier molecular flexibility index (Phi) is 8.02. The lowest BCUT2D eigenvalue weighted by Crippen LogP contribution is -2.56. The summed E-state index contributed by atoms with van der Waals surface area (Å²) >= 11 is 0. The largest absolute Gasteiger partial charge is 0.395 e. The molecule has 0 aromatic heterocycles. The van der Waals surface area contributed by atoms with Crippen LogP contribution in [0, 0.1) is 0 Å². The number of rotatable bonds is 6. The lowest BCUT2D eigenvalue weighted by molar-refractivity contribution is -0.141. The Hall–Kier alpha value is -1.63. The summed E-state index contributed by atoms with van der Waals surface area (Å²) in [4.78, 5) is 27.7. The quantitative estimate of drug-likeness (QED) is 0.778. The Morgan fingerprint density at radius 2 is 2.09 bits per heavy atom. The maximum absolute atomic E-state index is 12.5. The van der Waals surface area contributed by atoms with Gasteiger partial charge in [0.25, 0.3) is 0 Å². The maximum atomic E-state index is 12.5. The van der Waals surface area contributed by atoms with Crippen LogP contribution in [0.1, 0.15) is 12.0 Å². The molecule has 1 aliphatic heterocycles. The third kappa shape index (κ3) is 5.49. The van der Waals surface area contributed by atoms with Crippen molar-refractivity contribution in [1.82, 2.24) is 15.1 Å². The number of hydrogen-bond acceptors (Lipinski definition) is 4. The summed E-state index contributed by atoms with van der Waals surface area (Å²) in [5.74, 6) is -0.178. The molecule has 1 aliphatic rings. The van der Waals surface area contributed by atoms with E-state index < -0.39 is 6.04 Å². The highest BCUT2D eigenvalue weighted by Crippen LogP contribution is 2.11. The highest BCUT2D eigenvalue weighted by atomic mass is 35.5. The zero-order valence-electron chi connectivity index (χ0n) is 13.3. The fourth-order valence-electron chi connectivity index (χ4n) is 2.52. The number of piperazine rings is 1. The second-order valence-electron chi connectivity index (χ2n) is 5.50. The van der Waals surface area contributed by atoms with Gasteiger partial charge in [-0.1, -0.05) is 30.3 Å². The molecule has 2 N–H and O–H groups in total. The monoisotopic (exact) mass is 341 g/mol. The summed E-state index contributed by atoms with van der Waals surface area (Å²) in [7, 11) is 1.63. The molecule has 1 aromatic rings. The highest BCUT2D eigenvalue weighted by Gasteiger charge is 2.30. The van der Waals surface area contributed by atoms with Gasteiger partial charge < -0.3 is 20.2 Å². The minimum atomic E-state index is -0.480. The van der Waals surface area contributed by atoms with Crippen LogP contribution < -0.4 is 5.32 Å². The molecule has 7 heteroatoms. The molecule has 0 bridgehead atoms. The van der Waals surface area contributed by atoms with E-state index in [-0.39, 0.29) is 43.8 Å². The number of likely N-dealkylation sites (N-methyl/N-ethyl adjacent to an activating group) is 1. The Bertz CT molecular complexity index is 513. The van der Waals surface area contributed by atoms with Crippen molar-refractivity contribution in [1.29, 1.82) is 0 Å². The molecule has 0 spiro atoms. The zero-order chi connectivity index (χ0) is 15.9. The maximum Gasteiger partial charge on any atom is 0.240 e. The predicted octanol–water partition coefficient (Wildman–Crippen LogP) is 0.250. The van der Waals surface area contributed by atoms with Gasteiger partial charge in [0.2, 0.25) is 11.8 Å². The molecular formula is C16H24ClN3O3. The summed E-state index contributed by atoms with van der Waals surface area (Å²) in [6, 6.07) is 9.35. The van der Waals surface area contributed by atoms with E-state index in [1.807, 2.05) is 30.3 Å².